The van der Waals surface area contributed by atoms with Gasteiger partial charge in [-0.05, 0) is 13.2 Å². The number of thioether (sulfide) groups is 1. The Morgan fingerprint density at radius 3 is 2.63 bits per heavy atom. The molecule has 0 amide bonds. The van der Waals surface area contributed by atoms with E-state index in [0.717, 1.165) is 28.0 Å². The van der Waals surface area contributed by atoms with Gasteiger partial charge in [-0.3, -0.25) is 4.68 Å². The zero-order chi connectivity index (χ0) is 13.8. The predicted octanol–water partition coefficient (Wildman–Crippen LogP) is 1.89. The summed E-state index contributed by atoms with van der Waals surface area (Å²) in [5.41, 5.74) is 2.32. The molecular formula is C12H18N6S. The lowest BCUT2D eigenvalue weighted by molar-refractivity contribution is 0.738. The standard InChI is InChI=1S/C12H18N6S/c1-8-9(7-15-18(8)3)6-14-11-5-10(13-2)16-12(17-11)19-4/h5,7H,6H2,1-4H3,(H2,13,14,16,17). The number of aryl methyl sites for hydroxylation is 1. The number of rotatable bonds is 5. The van der Waals surface area contributed by atoms with Crippen LogP contribution in [-0.4, -0.2) is 33.1 Å². The van der Waals surface area contributed by atoms with Gasteiger partial charge in [0.1, 0.15) is 11.6 Å². The Hall–Kier alpha value is -1.76. The van der Waals surface area contributed by atoms with Crippen LogP contribution in [0.15, 0.2) is 17.4 Å². The van der Waals surface area contributed by atoms with Gasteiger partial charge in [-0.25, -0.2) is 9.97 Å². The summed E-state index contributed by atoms with van der Waals surface area (Å²) in [5, 5.41) is 11.3. The van der Waals surface area contributed by atoms with Gasteiger partial charge in [0, 0.05) is 38.0 Å². The molecule has 2 aromatic rings. The van der Waals surface area contributed by atoms with E-state index >= 15 is 0 Å². The summed E-state index contributed by atoms with van der Waals surface area (Å²) < 4.78 is 1.86. The molecule has 2 heterocycles. The lowest BCUT2D eigenvalue weighted by Gasteiger charge is -2.08. The summed E-state index contributed by atoms with van der Waals surface area (Å²) in [6.45, 7) is 2.75. The Morgan fingerprint density at radius 2 is 2.05 bits per heavy atom. The van der Waals surface area contributed by atoms with E-state index in [1.807, 2.05) is 37.3 Å². The molecule has 0 aromatic carbocycles. The molecule has 0 aliphatic carbocycles. The Morgan fingerprint density at radius 1 is 1.32 bits per heavy atom. The highest BCUT2D eigenvalue weighted by Crippen LogP contribution is 2.17. The quantitative estimate of drug-likeness (QED) is 0.643. The van der Waals surface area contributed by atoms with Gasteiger partial charge in [0.05, 0.1) is 6.20 Å². The molecule has 0 unspecified atom stereocenters. The molecule has 2 N–H and O–H groups in total. The molecule has 2 aromatic heterocycles. The molecule has 0 saturated carbocycles. The van der Waals surface area contributed by atoms with E-state index in [4.69, 9.17) is 0 Å². The Balaban J connectivity index is 2.12. The fraction of sp³-hybridized carbons (Fsp3) is 0.417. The maximum absolute atomic E-state index is 4.42. The van der Waals surface area contributed by atoms with E-state index in [2.05, 4.69) is 32.6 Å². The first-order valence-electron chi connectivity index (χ1n) is 5.96. The average Bonchev–Trinajstić information content (AvgIpc) is 2.76. The molecule has 0 spiro atoms. The first kappa shape index (κ1) is 13.7. The number of hydrogen-bond acceptors (Lipinski definition) is 6. The van der Waals surface area contributed by atoms with Gasteiger partial charge in [-0.15, -0.1) is 0 Å². The van der Waals surface area contributed by atoms with Crippen LogP contribution >= 0.6 is 11.8 Å². The maximum atomic E-state index is 4.42. The van der Waals surface area contributed by atoms with Crippen LogP contribution in [0, 0.1) is 6.92 Å². The van der Waals surface area contributed by atoms with Crippen molar-refractivity contribution < 1.29 is 0 Å². The van der Waals surface area contributed by atoms with E-state index in [-0.39, 0.29) is 0 Å². The van der Waals surface area contributed by atoms with Gasteiger partial charge in [-0.2, -0.15) is 5.10 Å². The third-order valence-electron chi connectivity index (χ3n) is 2.94. The van der Waals surface area contributed by atoms with Crippen LogP contribution in [0.3, 0.4) is 0 Å². The van der Waals surface area contributed by atoms with Crippen molar-refractivity contribution in [2.75, 3.05) is 23.9 Å². The lowest BCUT2D eigenvalue weighted by atomic mass is 10.2. The zero-order valence-electron chi connectivity index (χ0n) is 11.6. The number of hydrogen-bond donors (Lipinski definition) is 2. The molecule has 0 aliphatic rings. The molecule has 0 atom stereocenters. The van der Waals surface area contributed by atoms with E-state index in [9.17, 15) is 0 Å². The first-order chi connectivity index (χ1) is 9.13. The molecule has 0 saturated heterocycles. The molecule has 0 bridgehead atoms. The second-order valence-electron chi connectivity index (χ2n) is 4.11. The summed E-state index contributed by atoms with van der Waals surface area (Å²) >= 11 is 1.52. The van der Waals surface area contributed by atoms with E-state index in [0.29, 0.717) is 6.54 Å². The third-order valence-corrected chi connectivity index (χ3v) is 3.49. The van der Waals surface area contributed by atoms with Crippen LogP contribution in [0.2, 0.25) is 0 Å². The highest BCUT2D eigenvalue weighted by molar-refractivity contribution is 7.98. The number of nitrogens with zero attached hydrogens (tertiary/aromatic N) is 4. The number of aromatic nitrogens is 4. The Bertz CT molecular complexity index is 543. The van der Waals surface area contributed by atoms with Gasteiger partial charge < -0.3 is 10.6 Å². The van der Waals surface area contributed by atoms with Crippen molar-refractivity contribution in [3.05, 3.63) is 23.5 Å². The van der Waals surface area contributed by atoms with E-state index < -0.39 is 0 Å². The summed E-state index contributed by atoms with van der Waals surface area (Å²) in [7, 11) is 3.79. The van der Waals surface area contributed by atoms with Crippen molar-refractivity contribution in [3.8, 4) is 0 Å². The van der Waals surface area contributed by atoms with Gasteiger partial charge in [0.25, 0.3) is 0 Å². The van der Waals surface area contributed by atoms with Crippen molar-refractivity contribution in [3.63, 3.8) is 0 Å². The monoisotopic (exact) mass is 278 g/mol. The van der Waals surface area contributed by atoms with Crippen LogP contribution in [-0.2, 0) is 13.6 Å². The molecule has 19 heavy (non-hydrogen) atoms. The van der Waals surface area contributed by atoms with Crippen molar-refractivity contribution in [1.82, 2.24) is 19.7 Å². The van der Waals surface area contributed by atoms with E-state index in [1.165, 1.54) is 11.8 Å². The van der Waals surface area contributed by atoms with Crippen molar-refractivity contribution in [2.24, 2.45) is 7.05 Å². The maximum Gasteiger partial charge on any atom is 0.191 e. The van der Waals surface area contributed by atoms with Crippen LogP contribution in [0.25, 0.3) is 0 Å². The highest BCUT2D eigenvalue weighted by atomic mass is 32.2. The van der Waals surface area contributed by atoms with Crippen LogP contribution in [0.5, 0.6) is 0 Å². The molecule has 7 heteroatoms. The van der Waals surface area contributed by atoms with Crippen molar-refractivity contribution >= 4 is 23.4 Å². The summed E-state index contributed by atoms with van der Waals surface area (Å²) in [6.07, 6.45) is 3.84. The molecule has 0 fully saturated rings. The van der Waals surface area contributed by atoms with Gasteiger partial charge in [-0.1, -0.05) is 11.8 Å². The van der Waals surface area contributed by atoms with Crippen LogP contribution < -0.4 is 10.6 Å². The van der Waals surface area contributed by atoms with Crippen LogP contribution in [0.4, 0.5) is 11.6 Å². The highest BCUT2D eigenvalue weighted by Gasteiger charge is 2.06. The predicted molar refractivity (Wildman–Crippen MR) is 78.6 cm³/mol. The normalized spacial score (nSPS) is 10.5. The smallest absolute Gasteiger partial charge is 0.191 e. The fourth-order valence-corrected chi connectivity index (χ4v) is 2.02. The molecule has 0 radical (unpaired) electrons. The molecule has 2 rings (SSSR count). The largest absolute Gasteiger partial charge is 0.373 e. The number of nitrogens with one attached hydrogen (secondary N) is 2. The van der Waals surface area contributed by atoms with Crippen LogP contribution in [0.1, 0.15) is 11.3 Å². The molecule has 102 valence electrons. The van der Waals surface area contributed by atoms with Gasteiger partial charge in [0.2, 0.25) is 0 Å². The summed E-state index contributed by atoms with van der Waals surface area (Å²) in [5.74, 6) is 1.62. The van der Waals surface area contributed by atoms with Gasteiger partial charge >= 0.3 is 0 Å². The zero-order valence-corrected chi connectivity index (χ0v) is 12.4. The molecular weight excluding hydrogens is 260 g/mol. The van der Waals surface area contributed by atoms with Gasteiger partial charge in [0.15, 0.2) is 5.16 Å². The Kier molecular flexibility index (Phi) is 4.26. The second-order valence-corrected chi connectivity index (χ2v) is 4.88. The minimum atomic E-state index is 0.702. The minimum absolute atomic E-state index is 0.702. The van der Waals surface area contributed by atoms with Crippen molar-refractivity contribution in [1.29, 1.82) is 0 Å². The SMILES string of the molecule is CNc1cc(NCc2cnn(C)c2C)nc(SC)n1. The molecule has 6 nitrogen and oxygen atoms in total. The number of anilines is 2. The minimum Gasteiger partial charge on any atom is -0.373 e. The van der Waals surface area contributed by atoms with Crippen molar-refractivity contribution in [2.45, 2.75) is 18.6 Å². The Labute approximate surface area is 117 Å². The lowest BCUT2D eigenvalue weighted by Crippen LogP contribution is -2.05. The summed E-state index contributed by atoms with van der Waals surface area (Å²) in [6, 6.07) is 1.89. The summed E-state index contributed by atoms with van der Waals surface area (Å²) in [4.78, 5) is 8.76. The topological polar surface area (TPSA) is 67.7 Å². The fourth-order valence-electron chi connectivity index (χ4n) is 1.64. The second kappa shape index (κ2) is 5.92. The molecule has 0 aliphatic heterocycles. The van der Waals surface area contributed by atoms with E-state index in [1.54, 1.807) is 0 Å². The third kappa shape index (κ3) is 3.17. The average molecular weight is 278 g/mol. The first-order valence-corrected chi connectivity index (χ1v) is 7.18.